The van der Waals surface area contributed by atoms with Gasteiger partial charge in [0.2, 0.25) is 0 Å². The van der Waals surface area contributed by atoms with Gasteiger partial charge in [0, 0.05) is 18.2 Å². The van der Waals surface area contributed by atoms with Crippen LogP contribution < -0.4 is 10.3 Å². The number of ether oxygens (including phenoxy) is 2. The molecule has 3 rings (SSSR count). The Morgan fingerprint density at radius 1 is 1.56 bits per heavy atom. The summed E-state index contributed by atoms with van der Waals surface area (Å²) < 4.78 is 13.4. The highest BCUT2D eigenvalue weighted by Crippen LogP contribution is 2.42. The molecule has 86 valence electrons. The summed E-state index contributed by atoms with van der Waals surface area (Å²) in [6, 6.07) is 1.81. The highest BCUT2D eigenvalue weighted by atomic mass is 16.6. The van der Waals surface area contributed by atoms with E-state index in [2.05, 4.69) is 18.8 Å². The summed E-state index contributed by atoms with van der Waals surface area (Å²) in [5.74, 6) is 0.326. The maximum Gasteiger partial charge on any atom is 0.302 e. The van der Waals surface area contributed by atoms with Crippen molar-refractivity contribution in [1.29, 1.82) is 0 Å². The van der Waals surface area contributed by atoms with Crippen LogP contribution >= 0.6 is 0 Å². The van der Waals surface area contributed by atoms with Crippen LogP contribution in [0.4, 0.5) is 0 Å². The van der Waals surface area contributed by atoms with Gasteiger partial charge in [-0.15, -0.1) is 0 Å². The zero-order chi connectivity index (χ0) is 11.3. The minimum atomic E-state index is -0.272. The summed E-state index contributed by atoms with van der Waals surface area (Å²) in [5, 5.41) is 0. The van der Waals surface area contributed by atoms with Crippen LogP contribution in [0.15, 0.2) is 17.1 Å². The van der Waals surface area contributed by atoms with E-state index in [4.69, 9.17) is 9.47 Å². The molecule has 0 radical (unpaired) electrons. The van der Waals surface area contributed by atoms with Crippen molar-refractivity contribution in [3.05, 3.63) is 22.6 Å². The highest BCUT2D eigenvalue weighted by molar-refractivity contribution is 5.09. The lowest BCUT2D eigenvalue weighted by Gasteiger charge is -2.15. The smallest absolute Gasteiger partial charge is 0.302 e. The zero-order valence-electron chi connectivity index (χ0n) is 9.29. The van der Waals surface area contributed by atoms with E-state index in [9.17, 15) is 4.79 Å². The Hall–Kier alpha value is -1.36. The summed E-state index contributed by atoms with van der Waals surface area (Å²) in [5.41, 5.74) is -0.272. The minimum Gasteiger partial charge on any atom is -0.456 e. The van der Waals surface area contributed by atoms with Gasteiger partial charge in [-0.05, 0) is 6.42 Å². The maximum absolute atomic E-state index is 11.1. The molecule has 0 aromatic carbocycles. The number of fused-ring (bicyclic) bond motifs is 3. The highest BCUT2D eigenvalue weighted by Gasteiger charge is 2.48. The quantitative estimate of drug-likeness (QED) is 0.709. The molecule has 4 atom stereocenters. The van der Waals surface area contributed by atoms with Crippen LogP contribution in [0.25, 0.3) is 0 Å². The van der Waals surface area contributed by atoms with Gasteiger partial charge < -0.3 is 9.47 Å². The van der Waals surface area contributed by atoms with E-state index in [-0.39, 0.29) is 24.0 Å². The standard InChI is InChI=1S/C11H14N2O3/c1-3-7-6(2)9-10(15-7)13-5-4-8(14)12-11(13)16-9/h4-7,9-10H,3H2,1-2H3/t6?,7-,9+,10-/m0/s1. The van der Waals surface area contributed by atoms with E-state index < -0.39 is 0 Å². The van der Waals surface area contributed by atoms with Gasteiger partial charge in [0.1, 0.15) is 0 Å². The second kappa shape index (κ2) is 3.31. The van der Waals surface area contributed by atoms with Gasteiger partial charge in [-0.2, -0.15) is 4.98 Å². The molecular formula is C11H14N2O3. The van der Waals surface area contributed by atoms with Crippen LogP contribution in [0, 0.1) is 5.92 Å². The van der Waals surface area contributed by atoms with Crippen molar-refractivity contribution < 1.29 is 9.47 Å². The van der Waals surface area contributed by atoms with Gasteiger partial charge in [0.05, 0.1) is 6.10 Å². The van der Waals surface area contributed by atoms with Crippen LogP contribution in [0.3, 0.4) is 0 Å². The van der Waals surface area contributed by atoms with E-state index >= 15 is 0 Å². The Kier molecular flexibility index (Phi) is 2.04. The first-order chi connectivity index (χ1) is 7.70. The molecule has 3 heterocycles. The molecule has 5 nitrogen and oxygen atoms in total. The molecule has 0 aliphatic carbocycles. The molecular weight excluding hydrogens is 208 g/mol. The molecule has 1 aromatic heterocycles. The lowest BCUT2D eigenvalue weighted by atomic mass is 9.99. The second-order valence-electron chi connectivity index (χ2n) is 4.37. The molecule has 0 spiro atoms. The fraction of sp³-hybridized carbons (Fsp3) is 0.636. The Bertz CT molecular complexity index is 471. The molecule has 1 unspecified atom stereocenters. The summed E-state index contributed by atoms with van der Waals surface area (Å²) in [6.07, 6.45) is 2.76. The molecule has 0 bridgehead atoms. The fourth-order valence-electron chi connectivity index (χ4n) is 2.51. The predicted octanol–water partition coefficient (Wildman–Crippen LogP) is 0.948. The fourth-order valence-corrected chi connectivity index (χ4v) is 2.51. The summed E-state index contributed by atoms with van der Waals surface area (Å²) in [7, 11) is 0. The van der Waals surface area contributed by atoms with Crippen LogP contribution in [0.1, 0.15) is 26.5 Å². The van der Waals surface area contributed by atoms with Gasteiger partial charge in [-0.3, -0.25) is 9.36 Å². The van der Waals surface area contributed by atoms with E-state index in [0.29, 0.717) is 11.9 Å². The van der Waals surface area contributed by atoms with Crippen molar-refractivity contribution in [2.45, 2.75) is 38.7 Å². The van der Waals surface area contributed by atoms with Crippen LogP contribution in [-0.2, 0) is 4.74 Å². The number of nitrogens with zero attached hydrogens (tertiary/aromatic N) is 2. The number of hydrogen-bond acceptors (Lipinski definition) is 4. The topological polar surface area (TPSA) is 53.4 Å². The Balaban J connectivity index is 1.99. The first-order valence-corrected chi connectivity index (χ1v) is 5.62. The predicted molar refractivity (Wildman–Crippen MR) is 56.3 cm³/mol. The van der Waals surface area contributed by atoms with Gasteiger partial charge in [0.15, 0.2) is 12.3 Å². The molecule has 0 N–H and O–H groups in total. The van der Waals surface area contributed by atoms with E-state index in [0.717, 1.165) is 6.42 Å². The van der Waals surface area contributed by atoms with Gasteiger partial charge in [-0.1, -0.05) is 13.8 Å². The Morgan fingerprint density at radius 3 is 3.12 bits per heavy atom. The van der Waals surface area contributed by atoms with Crippen molar-refractivity contribution in [1.82, 2.24) is 9.55 Å². The normalized spacial score (nSPS) is 35.6. The SMILES string of the molecule is CC[C@@H]1O[C@H]2[C@H](Oc3nc(=O)ccn32)C1C. The molecule has 0 amide bonds. The Labute approximate surface area is 93.0 Å². The molecule has 2 aliphatic rings. The molecule has 0 saturated carbocycles. The number of rotatable bonds is 1. The second-order valence-corrected chi connectivity index (χ2v) is 4.37. The molecule has 1 aromatic rings. The first-order valence-electron chi connectivity index (χ1n) is 5.62. The summed E-state index contributed by atoms with van der Waals surface area (Å²) in [6.45, 7) is 4.22. The van der Waals surface area contributed by atoms with Gasteiger partial charge >= 0.3 is 6.01 Å². The third-order valence-corrected chi connectivity index (χ3v) is 3.42. The molecule has 5 heteroatoms. The number of aromatic nitrogens is 2. The monoisotopic (exact) mass is 222 g/mol. The lowest BCUT2D eigenvalue weighted by Crippen LogP contribution is -2.24. The van der Waals surface area contributed by atoms with Crippen LogP contribution in [-0.4, -0.2) is 21.8 Å². The molecule has 1 fully saturated rings. The average Bonchev–Trinajstić information content (AvgIpc) is 2.75. The summed E-state index contributed by atoms with van der Waals surface area (Å²) >= 11 is 0. The van der Waals surface area contributed by atoms with Crippen molar-refractivity contribution in [3.8, 4) is 6.01 Å². The third-order valence-electron chi connectivity index (χ3n) is 3.42. The zero-order valence-corrected chi connectivity index (χ0v) is 9.29. The maximum atomic E-state index is 11.1. The van der Waals surface area contributed by atoms with Gasteiger partial charge in [0.25, 0.3) is 5.56 Å². The molecule has 16 heavy (non-hydrogen) atoms. The molecule has 2 aliphatic heterocycles. The van der Waals surface area contributed by atoms with Crippen LogP contribution in [0.2, 0.25) is 0 Å². The first kappa shape index (κ1) is 9.84. The van der Waals surface area contributed by atoms with Crippen molar-refractivity contribution in [3.63, 3.8) is 0 Å². The van der Waals surface area contributed by atoms with E-state index in [1.54, 1.807) is 10.8 Å². The van der Waals surface area contributed by atoms with Crippen molar-refractivity contribution in [2.24, 2.45) is 5.92 Å². The number of hydrogen-bond donors (Lipinski definition) is 0. The minimum absolute atomic E-state index is 0.0146. The van der Waals surface area contributed by atoms with E-state index in [1.165, 1.54) is 6.07 Å². The largest absolute Gasteiger partial charge is 0.456 e. The third kappa shape index (κ3) is 1.21. The molecule has 1 saturated heterocycles. The van der Waals surface area contributed by atoms with E-state index in [1.807, 2.05) is 0 Å². The van der Waals surface area contributed by atoms with Crippen LogP contribution in [0.5, 0.6) is 6.01 Å². The average molecular weight is 222 g/mol. The van der Waals surface area contributed by atoms with Crippen molar-refractivity contribution in [2.75, 3.05) is 0 Å². The van der Waals surface area contributed by atoms with Crippen molar-refractivity contribution >= 4 is 0 Å². The Morgan fingerprint density at radius 2 is 2.38 bits per heavy atom. The summed E-state index contributed by atoms with van der Waals surface area (Å²) in [4.78, 5) is 14.9. The lowest BCUT2D eigenvalue weighted by molar-refractivity contribution is -0.00767. The van der Waals surface area contributed by atoms with Gasteiger partial charge in [-0.25, -0.2) is 0 Å².